The molecule has 2 unspecified atom stereocenters. The van der Waals surface area contributed by atoms with E-state index in [0.29, 0.717) is 6.04 Å². The molecule has 1 aliphatic heterocycles. The summed E-state index contributed by atoms with van der Waals surface area (Å²) in [5.41, 5.74) is 0. The van der Waals surface area contributed by atoms with Crippen molar-refractivity contribution >= 4 is 0 Å². The van der Waals surface area contributed by atoms with Crippen LogP contribution in [-0.4, -0.2) is 48.3 Å². The van der Waals surface area contributed by atoms with Crippen LogP contribution in [-0.2, 0) is 0 Å². The standard InChI is InChI=1S/C11H22N2O/c1-9-4-5-13(7-9)8-11(14)6-12-10-2-3-10/h9-12,14H,2-8H2,1H3. The van der Waals surface area contributed by atoms with Gasteiger partial charge in [-0.3, -0.25) is 0 Å². The number of rotatable bonds is 5. The summed E-state index contributed by atoms with van der Waals surface area (Å²) in [6.45, 7) is 6.25. The molecule has 0 aromatic heterocycles. The Kier molecular flexibility index (Phi) is 3.42. The quantitative estimate of drug-likeness (QED) is 0.673. The topological polar surface area (TPSA) is 35.5 Å². The summed E-state index contributed by atoms with van der Waals surface area (Å²) in [5.74, 6) is 0.818. The van der Waals surface area contributed by atoms with Crippen molar-refractivity contribution < 1.29 is 5.11 Å². The first-order valence-corrected chi connectivity index (χ1v) is 5.88. The lowest BCUT2D eigenvalue weighted by Crippen LogP contribution is -2.38. The lowest BCUT2D eigenvalue weighted by atomic mass is 10.2. The molecular weight excluding hydrogens is 176 g/mol. The van der Waals surface area contributed by atoms with E-state index in [1.165, 1.54) is 32.4 Å². The van der Waals surface area contributed by atoms with Gasteiger partial charge in [-0.25, -0.2) is 0 Å². The third-order valence-corrected chi connectivity index (χ3v) is 3.20. The minimum atomic E-state index is -0.180. The van der Waals surface area contributed by atoms with E-state index in [2.05, 4.69) is 17.1 Å². The summed E-state index contributed by atoms with van der Waals surface area (Å²) in [5, 5.41) is 13.1. The summed E-state index contributed by atoms with van der Waals surface area (Å²) >= 11 is 0. The zero-order valence-corrected chi connectivity index (χ0v) is 9.08. The number of hydrogen-bond acceptors (Lipinski definition) is 3. The van der Waals surface area contributed by atoms with Crippen molar-refractivity contribution in [2.75, 3.05) is 26.2 Å². The molecule has 3 heteroatoms. The molecule has 1 heterocycles. The molecule has 2 N–H and O–H groups in total. The molecule has 2 rings (SSSR count). The van der Waals surface area contributed by atoms with Crippen molar-refractivity contribution in [3.8, 4) is 0 Å². The normalized spacial score (nSPS) is 30.9. The summed E-state index contributed by atoms with van der Waals surface area (Å²) < 4.78 is 0. The van der Waals surface area contributed by atoms with Crippen LogP contribution in [0.25, 0.3) is 0 Å². The van der Waals surface area contributed by atoms with Crippen LogP contribution in [0.4, 0.5) is 0 Å². The second-order valence-corrected chi connectivity index (χ2v) is 4.99. The number of aliphatic hydroxyl groups excluding tert-OH is 1. The molecule has 2 atom stereocenters. The van der Waals surface area contributed by atoms with Crippen LogP contribution in [0.2, 0.25) is 0 Å². The molecule has 0 spiro atoms. The molecule has 14 heavy (non-hydrogen) atoms. The number of nitrogens with zero attached hydrogens (tertiary/aromatic N) is 1. The first-order valence-electron chi connectivity index (χ1n) is 5.88. The summed E-state index contributed by atoms with van der Waals surface area (Å²) in [6.07, 6.45) is 3.71. The molecule has 3 nitrogen and oxygen atoms in total. The molecular formula is C11H22N2O. The maximum absolute atomic E-state index is 9.77. The van der Waals surface area contributed by atoms with Crippen molar-refractivity contribution in [2.45, 2.75) is 38.3 Å². The Hall–Kier alpha value is -0.120. The van der Waals surface area contributed by atoms with Gasteiger partial charge in [-0.1, -0.05) is 6.92 Å². The highest BCUT2D eigenvalue weighted by Gasteiger charge is 2.23. The Morgan fingerprint density at radius 2 is 2.21 bits per heavy atom. The van der Waals surface area contributed by atoms with Gasteiger partial charge in [-0.2, -0.15) is 0 Å². The first kappa shape index (κ1) is 10.4. The molecule has 0 radical (unpaired) electrons. The number of β-amino-alcohol motifs (C(OH)–C–C–N with tert-alkyl or cyclic N) is 1. The van der Waals surface area contributed by atoms with Gasteiger partial charge in [-0.15, -0.1) is 0 Å². The summed E-state index contributed by atoms with van der Waals surface area (Å²) in [6, 6.07) is 0.710. The van der Waals surface area contributed by atoms with Crippen LogP contribution >= 0.6 is 0 Å². The van der Waals surface area contributed by atoms with Crippen LogP contribution in [0, 0.1) is 5.92 Å². The van der Waals surface area contributed by atoms with Gasteiger partial charge >= 0.3 is 0 Å². The van der Waals surface area contributed by atoms with E-state index in [0.717, 1.165) is 19.0 Å². The zero-order chi connectivity index (χ0) is 9.97. The van der Waals surface area contributed by atoms with Gasteiger partial charge in [0.1, 0.15) is 0 Å². The monoisotopic (exact) mass is 198 g/mol. The van der Waals surface area contributed by atoms with Gasteiger partial charge < -0.3 is 15.3 Å². The molecule has 0 aromatic rings. The van der Waals surface area contributed by atoms with Crippen molar-refractivity contribution in [3.05, 3.63) is 0 Å². The Morgan fingerprint density at radius 1 is 1.43 bits per heavy atom. The highest BCUT2D eigenvalue weighted by molar-refractivity contribution is 4.83. The second-order valence-electron chi connectivity index (χ2n) is 4.99. The van der Waals surface area contributed by atoms with E-state index in [1.54, 1.807) is 0 Å². The number of likely N-dealkylation sites (tertiary alicyclic amines) is 1. The third-order valence-electron chi connectivity index (χ3n) is 3.20. The van der Waals surface area contributed by atoms with Crippen molar-refractivity contribution in [1.29, 1.82) is 0 Å². The first-order chi connectivity index (χ1) is 6.74. The van der Waals surface area contributed by atoms with E-state index >= 15 is 0 Å². The molecule has 2 aliphatic rings. The van der Waals surface area contributed by atoms with Crippen LogP contribution in [0.1, 0.15) is 26.2 Å². The Morgan fingerprint density at radius 3 is 2.79 bits per heavy atom. The van der Waals surface area contributed by atoms with Gasteiger partial charge in [-0.05, 0) is 31.7 Å². The van der Waals surface area contributed by atoms with E-state index < -0.39 is 0 Å². The van der Waals surface area contributed by atoms with Crippen LogP contribution < -0.4 is 5.32 Å². The third kappa shape index (κ3) is 3.23. The van der Waals surface area contributed by atoms with Crippen molar-refractivity contribution in [3.63, 3.8) is 0 Å². The summed E-state index contributed by atoms with van der Waals surface area (Å²) in [7, 11) is 0. The Balaban J connectivity index is 1.58. The molecule has 0 aromatic carbocycles. The van der Waals surface area contributed by atoms with E-state index in [-0.39, 0.29) is 6.10 Å². The second kappa shape index (κ2) is 4.60. The van der Waals surface area contributed by atoms with E-state index in [4.69, 9.17) is 0 Å². The van der Waals surface area contributed by atoms with Crippen LogP contribution in [0.5, 0.6) is 0 Å². The Bertz CT molecular complexity index is 182. The maximum Gasteiger partial charge on any atom is 0.0791 e. The molecule has 1 saturated heterocycles. The lowest BCUT2D eigenvalue weighted by Gasteiger charge is -2.19. The SMILES string of the molecule is CC1CCN(CC(O)CNC2CC2)C1. The fraction of sp³-hybridized carbons (Fsp3) is 1.00. The van der Waals surface area contributed by atoms with Crippen LogP contribution in [0.15, 0.2) is 0 Å². The highest BCUT2D eigenvalue weighted by Crippen LogP contribution is 2.18. The molecule has 0 amide bonds. The van der Waals surface area contributed by atoms with E-state index in [9.17, 15) is 5.11 Å². The molecule has 0 bridgehead atoms. The van der Waals surface area contributed by atoms with Crippen LogP contribution in [0.3, 0.4) is 0 Å². The zero-order valence-electron chi connectivity index (χ0n) is 9.08. The Labute approximate surface area is 86.5 Å². The molecule has 1 aliphatic carbocycles. The van der Waals surface area contributed by atoms with E-state index in [1.807, 2.05) is 0 Å². The number of nitrogens with one attached hydrogen (secondary N) is 1. The highest BCUT2D eigenvalue weighted by atomic mass is 16.3. The predicted octanol–water partition coefficient (Wildman–Crippen LogP) is 0.441. The minimum absolute atomic E-state index is 0.180. The summed E-state index contributed by atoms with van der Waals surface area (Å²) in [4.78, 5) is 2.38. The largest absolute Gasteiger partial charge is 0.390 e. The fourth-order valence-corrected chi connectivity index (χ4v) is 2.14. The van der Waals surface area contributed by atoms with Gasteiger partial charge in [0.05, 0.1) is 6.10 Å². The average molecular weight is 198 g/mol. The van der Waals surface area contributed by atoms with Gasteiger partial charge in [0.15, 0.2) is 0 Å². The predicted molar refractivity (Wildman–Crippen MR) is 57.3 cm³/mol. The fourth-order valence-electron chi connectivity index (χ4n) is 2.14. The molecule has 2 fully saturated rings. The number of hydrogen-bond donors (Lipinski definition) is 2. The lowest BCUT2D eigenvalue weighted by molar-refractivity contribution is 0.121. The van der Waals surface area contributed by atoms with Gasteiger partial charge in [0.25, 0.3) is 0 Å². The minimum Gasteiger partial charge on any atom is -0.390 e. The smallest absolute Gasteiger partial charge is 0.0791 e. The average Bonchev–Trinajstić information content (AvgIpc) is 2.88. The van der Waals surface area contributed by atoms with Gasteiger partial charge in [0, 0.05) is 25.7 Å². The maximum atomic E-state index is 9.77. The molecule has 82 valence electrons. The van der Waals surface area contributed by atoms with Gasteiger partial charge in [0.2, 0.25) is 0 Å². The van der Waals surface area contributed by atoms with Crippen molar-refractivity contribution in [2.24, 2.45) is 5.92 Å². The molecule has 1 saturated carbocycles. The van der Waals surface area contributed by atoms with Crippen molar-refractivity contribution in [1.82, 2.24) is 10.2 Å². The number of aliphatic hydroxyl groups is 1.